The molecule has 0 radical (unpaired) electrons. The fraction of sp³-hybridized carbons (Fsp3) is 0.250. The zero-order chi connectivity index (χ0) is 17.2. The predicted octanol–water partition coefficient (Wildman–Crippen LogP) is 4.58. The molecule has 2 aromatic carbocycles. The van der Waals surface area contributed by atoms with Crippen LogP contribution in [0.4, 0.5) is 0 Å². The zero-order valence-corrected chi connectivity index (χ0v) is 14.5. The lowest BCUT2D eigenvalue weighted by molar-refractivity contribution is 0.0724. The van der Waals surface area contributed by atoms with Gasteiger partial charge in [-0.2, -0.15) is 0 Å². The number of amides is 1. The lowest BCUT2D eigenvalue weighted by Crippen LogP contribution is -2.35. The third kappa shape index (κ3) is 3.35. The van der Waals surface area contributed by atoms with Crippen molar-refractivity contribution in [2.45, 2.75) is 19.3 Å². The maximum Gasteiger partial charge on any atom is 0.253 e. The summed E-state index contributed by atoms with van der Waals surface area (Å²) in [6, 6.07) is 13.1. The van der Waals surface area contributed by atoms with Crippen LogP contribution in [0.3, 0.4) is 0 Å². The van der Waals surface area contributed by atoms with Crippen LogP contribution >= 0.6 is 11.6 Å². The first-order valence-electron chi connectivity index (χ1n) is 8.53. The number of rotatable bonds is 2. The molecule has 0 atom stereocenters. The van der Waals surface area contributed by atoms with E-state index in [1.807, 2.05) is 47.4 Å². The van der Waals surface area contributed by atoms with E-state index in [1.54, 1.807) is 6.20 Å². The highest BCUT2D eigenvalue weighted by Crippen LogP contribution is 2.22. The van der Waals surface area contributed by atoms with Crippen molar-refractivity contribution in [3.8, 4) is 11.3 Å². The zero-order valence-electron chi connectivity index (χ0n) is 13.8. The van der Waals surface area contributed by atoms with Crippen molar-refractivity contribution < 1.29 is 4.79 Å². The number of likely N-dealkylation sites (tertiary alicyclic amines) is 1. The van der Waals surface area contributed by atoms with E-state index < -0.39 is 0 Å². The first-order chi connectivity index (χ1) is 12.2. The van der Waals surface area contributed by atoms with Gasteiger partial charge in [0.2, 0.25) is 0 Å². The van der Waals surface area contributed by atoms with Gasteiger partial charge in [0.25, 0.3) is 5.91 Å². The van der Waals surface area contributed by atoms with E-state index in [-0.39, 0.29) is 5.91 Å². The van der Waals surface area contributed by atoms with Crippen molar-refractivity contribution in [3.63, 3.8) is 0 Å². The van der Waals surface area contributed by atoms with Crippen LogP contribution in [0.1, 0.15) is 29.6 Å². The average molecular weight is 352 g/mol. The predicted molar refractivity (Wildman–Crippen MR) is 99.7 cm³/mol. The third-order valence-corrected chi connectivity index (χ3v) is 4.82. The molecule has 4 rings (SSSR count). The fourth-order valence-electron chi connectivity index (χ4n) is 3.18. The third-order valence-electron chi connectivity index (χ3n) is 4.57. The van der Waals surface area contributed by atoms with Crippen LogP contribution in [0.25, 0.3) is 22.3 Å². The molecule has 1 amide bonds. The van der Waals surface area contributed by atoms with Gasteiger partial charge in [0.05, 0.1) is 22.9 Å². The molecular formula is C20H18ClN3O. The van der Waals surface area contributed by atoms with E-state index in [2.05, 4.69) is 9.97 Å². The summed E-state index contributed by atoms with van der Waals surface area (Å²) >= 11 is 5.95. The van der Waals surface area contributed by atoms with Gasteiger partial charge in [-0.15, -0.1) is 0 Å². The Kier molecular flexibility index (Phi) is 4.36. The van der Waals surface area contributed by atoms with Crippen molar-refractivity contribution in [1.82, 2.24) is 14.9 Å². The van der Waals surface area contributed by atoms with Crippen LogP contribution in [0, 0.1) is 0 Å². The fourth-order valence-corrected chi connectivity index (χ4v) is 3.31. The normalized spacial score (nSPS) is 14.7. The van der Waals surface area contributed by atoms with Gasteiger partial charge in [-0.3, -0.25) is 9.78 Å². The van der Waals surface area contributed by atoms with E-state index in [0.717, 1.165) is 48.2 Å². The molecule has 1 saturated heterocycles. The van der Waals surface area contributed by atoms with Crippen molar-refractivity contribution in [3.05, 3.63) is 59.2 Å². The van der Waals surface area contributed by atoms with E-state index in [1.165, 1.54) is 6.42 Å². The summed E-state index contributed by atoms with van der Waals surface area (Å²) in [6.45, 7) is 1.68. The quantitative estimate of drug-likeness (QED) is 0.679. The summed E-state index contributed by atoms with van der Waals surface area (Å²) in [5, 5.41) is 0.687. The molecule has 0 spiro atoms. The van der Waals surface area contributed by atoms with Gasteiger partial charge in [-0.05, 0) is 49.6 Å². The Morgan fingerprint density at radius 1 is 0.960 bits per heavy atom. The van der Waals surface area contributed by atoms with Crippen LogP contribution in [-0.4, -0.2) is 33.9 Å². The maximum atomic E-state index is 12.7. The van der Waals surface area contributed by atoms with Gasteiger partial charge >= 0.3 is 0 Å². The van der Waals surface area contributed by atoms with E-state index in [4.69, 9.17) is 11.6 Å². The van der Waals surface area contributed by atoms with Crippen molar-refractivity contribution in [1.29, 1.82) is 0 Å². The smallest absolute Gasteiger partial charge is 0.253 e. The highest BCUT2D eigenvalue weighted by molar-refractivity contribution is 6.30. The molecule has 0 N–H and O–H groups in total. The second-order valence-corrected chi connectivity index (χ2v) is 6.75. The van der Waals surface area contributed by atoms with Gasteiger partial charge in [0.1, 0.15) is 0 Å². The molecule has 1 aromatic heterocycles. The average Bonchev–Trinajstić information content (AvgIpc) is 2.68. The van der Waals surface area contributed by atoms with Crippen LogP contribution < -0.4 is 0 Å². The lowest BCUT2D eigenvalue weighted by Gasteiger charge is -2.26. The number of aromatic nitrogens is 2. The second kappa shape index (κ2) is 6.81. The molecule has 0 saturated carbocycles. The minimum absolute atomic E-state index is 0.0836. The molecule has 0 unspecified atom stereocenters. The molecule has 25 heavy (non-hydrogen) atoms. The Morgan fingerprint density at radius 3 is 2.48 bits per heavy atom. The summed E-state index contributed by atoms with van der Waals surface area (Å²) in [6.07, 6.45) is 5.12. The van der Waals surface area contributed by atoms with Gasteiger partial charge in [0.15, 0.2) is 0 Å². The highest BCUT2D eigenvalue weighted by Gasteiger charge is 2.18. The van der Waals surface area contributed by atoms with Crippen LogP contribution in [-0.2, 0) is 0 Å². The van der Waals surface area contributed by atoms with Gasteiger partial charge in [-0.25, -0.2) is 4.98 Å². The molecule has 3 aromatic rings. The Hall–Kier alpha value is -2.46. The van der Waals surface area contributed by atoms with Crippen molar-refractivity contribution in [2.75, 3.05) is 13.1 Å². The minimum Gasteiger partial charge on any atom is -0.339 e. The molecule has 1 aliphatic rings. The standard InChI is InChI=1S/C20H18ClN3O/c21-16-7-4-14(5-8-16)19-13-22-17-9-6-15(12-18(17)23-19)20(25)24-10-2-1-3-11-24/h4-9,12-13H,1-3,10-11H2. The van der Waals surface area contributed by atoms with Crippen LogP contribution in [0.5, 0.6) is 0 Å². The number of nitrogens with zero attached hydrogens (tertiary/aromatic N) is 3. The SMILES string of the molecule is O=C(c1ccc2ncc(-c3ccc(Cl)cc3)nc2c1)N1CCCCC1. The van der Waals surface area contributed by atoms with Crippen LogP contribution in [0.15, 0.2) is 48.7 Å². The van der Waals surface area contributed by atoms with Crippen molar-refractivity contribution in [2.24, 2.45) is 0 Å². The number of benzene rings is 2. The summed E-state index contributed by atoms with van der Waals surface area (Å²) in [7, 11) is 0. The molecule has 2 heterocycles. The molecule has 1 fully saturated rings. The van der Waals surface area contributed by atoms with E-state index in [9.17, 15) is 4.79 Å². The molecule has 5 heteroatoms. The number of hydrogen-bond acceptors (Lipinski definition) is 3. The Bertz CT molecular complexity index is 918. The summed E-state index contributed by atoms with van der Waals surface area (Å²) in [4.78, 5) is 23.8. The van der Waals surface area contributed by atoms with E-state index >= 15 is 0 Å². The minimum atomic E-state index is 0.0836. The molecule has 126 valence electrons. The molecule has 0 bridgehead atoms. The molecule has 0 aliphatic carbocycles. The number of carbonyl (C=O) groups excluding carboxylic acids is 1. The Morgan fingerprint density at radius 2 is 1.72 bits per heavy atom. The number of piperidine rings is 1. The highest BCUT2D eigenvalue weighted by atomic mass is 35.5. The van der Waals surface area contributed by atoms with Gasteiger partial charge in [-0.1, -0.05) is 23.7 Å². The lowest BCUT2D eigenvalue weighted by atomic mass is 10.1. The summed E-state index contributed by atoms with van der Waals surface area (Å²) in [5.74, 6) is 0.0836. The second-order valence-electron chi connectivity index (χ2n) is 6.32. The summed E-state index contributed by atoms with van der Waals surface area (Å²) in [5.41, 5.74) is 3.92. The number of halogens is 1. The Balaban J connectivity index is 1.69. The number of hydrogen-bond donors (Lipinski definition) is 0. The van der Waals surface area contributed by atoms with E-state index in [0.29, 0.717) is 10.6 Å². The monoisotopic (exact) mass is 351 g/mol. The number of fused-ring (bicyclic) bond motifs is 1. The number of carbonyl (C=O) groups is 1. The Labute approximate surface area is 151 Å². The summed E-state index contributed by atoms with van der Waals surface area (Å²) < 4.78 is 0. The largest absolute Gasteiger partial charge is 0.339 e. The van der Waals surface area contributed by atoms with Gasteiger partial charge < -0.3 is 4.90 Å². The maximum absolute atomic E-state index is 12.7. The molecule has 4 nitrogen and oxygen atoms in total. The van der Waals surface area contributed by atoms with Crippen LogP contribution in [0.2, 0.25) is 5.02 Å². The molecule has 1 aliphatic heterocycles. The first kappa shape index (κ1) is 16.0. The first-order valence-corrected chi connectivity index (χ1v) is 8.90. The topological polar surface area (TPSA) is 46.1 Å². The molecular weight excluding hydrogens is 334 g/mol. The van der Waals surface area contributed by atoms with Crippen molar-refractivity contribution >= 4 is 28.5 Å². The van der Waals surface area contributed by atoms with Gasteiger partial charge in [0, 0.05) is 29.2 Å².